The average Bonchev–Trinajstić information content (AvgIpc) is 2.90. The Bertz CT molecular complexity index is 798. The second-order valence-electron chi connectivity index (χ2n) is 9.68. The Hall–Kier alpha value is -2.49. The normalized spacial score (nSPS) is 10.8. The van der Waals surface area contributed by atoms with Crippen molar-refractivity contribution in [3.8, 4) is 17.2 Å². The molecule has 0 fully saturated rings. The quantitative estimate of drug-likeness (QED) is 0.0980. The summed E-state index contributed by atoms with van der Waals surface area (Å²) in [4.78, 5) is 12.5. The second kappa shape index (κ2) is 19.7. The van der Waals surface area contributed by atoms with Gasteiger partial charge in [0, 0.05) is 0 Å². The largest absolute Gasteiger partial charge is 0.494 e. The number of hydrogen-bond donors (Lipinski definition) is 0. The summed E-state index contributed by atoms with van der Waals surface area (Å²) < 4.78 is 17.1. The second-order valence-corrected chi connectivity index (χ2v) is 9.68. The van der Waals surface area contributed by atoms with Gasteiger partial charge in [-0.05, 0) is 61.4 Å². The standard InChI is InChI=1S/C32H48O4/c1-3-5-7-9-11-12-13-15-17-26-34-29-20-18-28(19-21-29)32(33)36-31-24-22-30(23-25-31)35-27-16-14-10-8-6-4-2/h18-25H,3-17,26-27H2,1-2H3. The van der Waals surface area contributed by atoms with E-state index in [1.54, 1.807) is 24.3 Å². The minimum atomic E-state index is -0.374. The molecule has 0 saturated heterocycles. The molecule has 0 N–H and O–H groups in total. The maximum atomic E-state index is 12.5. The van der Waals surface area contributed by atoms with Gasteiger partial charge in [0.2, 0.25) is 0 Å². The highest BCUT2D eigenvalue weighted by molar-refractivity contribution is 5.91. The van der Waals surface area contributed by atoms with Gasteiger partial charge in [0.15, 0.2) is 0 Å². The van der Waals surface area contributed by atoms with Crippen LogP contribution < -0.4 is 14.2 Å². The summed E-state index contributed by atoms with van der Waals surface area (Å²) in [6.45, 7) is 5.92. The zero-order valence-electron chi connectivity index (χ0n) is 22.8. The molecule has 0 atom stereocenters. The number of hydrogen-bond acceptors (Lipinski definition) is 4. The number of unbranched alkanes of at least 4 members (excludes halogenated alkanes) is 13. The first-order chi connectivity index (χ1) is 17.7. The lowest BCUT2D eigenvalue weighted by Crippen LogP contribution is -2.08. The van der Waals surface area contributed by atoms with Crippen LogP contribution in [0.1, 0.15) is 121 Å². The van der Waals surface area contributed by atoms with Crippen molar-refractivity contribution in [3.63, 3.8) is 0 Å². The van der Waals surface area contributed by atoms with Crippen molar-refractivity contribution in [2.75, 3.05) is 13.2 Å². The van der Waals surface area contributed by atoms with Crippen LogP contribution in [0, 0.1) is 0 Å². The fraction of sp³-hybridized carbons (Fsp3) is 0.594. The molecule has 2 aromatic rings. The van der Waals surface area contributed by atoms with Crippen LogP contribution in [0.3, 0.4) is 0 Å². The van der Waals surface area contributed by atoms with Crippen LogP contribution in [0.5, 0.6) is 17.2 Å². The first-order valence-electron chi connectivity index (χ1n) is 14.4. The van der Waals surface area contributed by atoms with Gasteiger partial charge < -0.3 is 14.2 Å². The molecule has 0 bridgehead atoms. The highest BCUT2D eigenvalue weighted by atomic mass is 16.5. The van der Waals surface area contributed by atoms with Gasteiger partial charge in [-0.15, -0.1) is 0 Å². The minimum absolute atomic E-state index is 0.374. The third-order valence-corrected chi connectivity index (χ3v) is 6.41. The van der Waals surface area contributed by atoms with Crippen LogP contribution in [-0.2, 0) is 0 Å². The van der Waals surface area contributed by atoms with Crippen LogP contribution in [-0.4, -0.2) is 19.2 Å². The summed E-state index contributed by atoms with van der Waals surface area (Å²) in [6.07, 6.45) is 19.1. The maximum absolute atomic E-state index is 12.5. The van der Waals surface area contributed by atoms with Gasteiger partial charge in [-0.1, -0.05) is 97.3 Å². The predicted molar refractivity (Wildman–Crippen MR) is 149 cm³/mol. The molecule has 2 aromatic carbocycles. The molecule has 0 saturated carbocycles. The minimum Gasteiger partial charge on any atom is -0.494 e. The first-order valence-corrected chi connectivity index (χ1v) is 14.4. The maximum Gasteiger partial charge on any atom is 0.343 e. The summed E-state index contributed by atoms with van der Waals surface area (Å²) in [5, 5.41) is 0. The number of esters is 1. The molecule has 0 aliphatic heterocycles. The highest BCUT2D eigenvalue weighted by Crippen LogP contribution is 2.20. The van der Waals surface area contributed by atoms with Gasteiger partial charge >= 0.3 is 5.97 Å². The highest BCUT2D eigenvalue weighted by Gasteiger charge is 2.09. The summed E-state index contributed by atoms with van der Waals surface area (Å²) >= 11 is 0. The zero-order chi connectivity index (χ0) is 25.7. The molecular weight excluding hydrogens is 448 g/mol. The fourth-order valence-corrected chi connectivity index (χ4v) is 4.13. The monoisotopic (exact) mass is 496 g/mol. The van der Waals surface area contributed by atoms with Crippen LogP contribution in [0.4, 0.5) is 0 Å². The van der Waals surface area contributed by atoms with Crippen molar-refractivity contribution < 1.29 is 19.0 Å². The van der Waals surface area contributed by atoms with E-state index in [1.165, 1.54) is 83.5 Å². The van der Waals surface area contributed by atoms with Crippen molar-refractivity contribution in [1.82, 2.24) is 0 Å². The van der Waals surface area contributed by atoms with E-state index in [2.05, 4.69) is 13.8 Å². The Morgan fingerprint density at radius 1 is 0.500 bits per heavy atom. The lowest BCUT2D eigenvalue weighted by atomic mass is 10.1. The topological polar surface area (TPSA) is 44.8 Å². The molecule has 4 heteroatoms. The van der Waals surface area contributed by atoms with Crippen molar-refractivity contribution in [2.24, 2.45) is 0 Å². The number of rotatable bonds is 21. The molecular formula is C32H48O4. The summed E-state index contributed by atoms with van der Waals surface area (Å²) in [7, 11) is 0. The molecule has 0 heterocycles. The fourth-order valence-electron chi connectivity index (χ4n) is 4.13. The van der Waals surface area contributed by atoms with Gasteiger partial charge in [0.1, 0.15) is 17.2 Å². The molecule has 0 unspecified atom stereocenters. The number of carbonyl (C=O) groups excluding carboxylic acids is 1. The van der Waals surface area contributed by atoms with E-state index in [4.69, 9.17) is 14.2 Å². The van der Waals surface area contributed by atoms with Gasteiger partial charge in [-0.3, -0.25) is 0 Å². The molecule has 0 aromatic heterocycles. The van der Waals surface area contributed by atoms with Crippen LogP contribution in [0.25, 0.3) is 0 Å². The van der Waals surface area contributed by atoms with Crippen molar-refractivity contribution in [1.29, 1.82) is 0 Å². The van der Waals surface area contributed by atoms with E-state index in [0.717, 1.165) is 30.9 Å². The average molecular weight is 497 g/mol. The van der Waals surface area contributed by atoms with Gasteiger partial charge in [-0.2, -0.15) is 0 Å². The predicted octanol–water partition coefficient (Wildman–Crippen LogP) is 9.55. The van der Waals surface area contributed by atoms with E-state index in [1.807, 2.05) is 24.3 Å². The smallest absolute Gasteiger partial charge is 0.343 e. The van der Waals surface area contributed by atoms with E-state index in [-0.39, 0.29) is 5.97 Å². The molecule has 4 nitrogen and oxygen atoms in total. The van der Waals surface area contributed by atoms with Gasteiger partial charge in [-0.25, -0.2) is 4.79 Å². The molecule has 200 valence electrons. The number of carbonyl (C=O) groups is 1. The molecule has 36 heavy (non-hydrogen) atoms. The lowest BCUT2D eigenvalue weighted by Gasteiger charge is -2.09. The molecule has 0 aliphatic rings. The third kappa shape index (κ3) is 13.6. The van der Waals surface area contributed by atoms with E-state index in [9.17, 15) is 4.79 Å². The van der Waals surface area contributed by atoms with Gasteiger partial charge in [0.25, 0.3) is 0 Å². The summed E-state index contributed by atoms with van der Waals surface area (Å²) in [5.74, 6) is 1.73. The van der Waals surface area contributed by atoms with Gasteiger partial charge in [0.05, 0.1) is 18.8 Å². The lowest BCUT2D eigenvalue weighted by molar-refractivity contribution is 0.0734. The third-order valence-electron chi connectivity index (χ3n) is 6.41. The molecule has 0 radical (unpaired) electrons. The van der Waals surface area contributed by atoms with Crippen LogP contribution in [0.15, 0.2) is 48.5 Å². The van der Waals surface area contributed by atoms with E-state index < -0.39 is 0 Å². The van der Waals surface area contributed by atoms with Crippen LogP contribution >= 0.6 is 0 Å². The molecule has 2 rings (SSSR count). The van der Waals surface area contributed by atoms with E-state index >= 15 is 0 Å². The molecule has 0 spiro atoms. The van der Waals surface area contributed by atoms with E-state index in [0.29, 0.717) is 17.9 Å². The summed E-state index contributed by atoms with van der Waals surface area (Å²) in [6, 6.07) is 14.4. The number of ether oxygens (including phenoxy) is 3. The van der Waals surface area contributed by atoms with Crippen LogP contribution in [0.2, 0.25) is 0 Å². The van der Waals surface area contributed by atoms with Crippen molar-refractivity contribution in [2.45, 2.75) is 110 Å². The van der Waals surface area contributed by atoms with Crippen molar-refractivity contribution in [3.05, 3.63) is 54.1 Å². The van der Waals surface area contributed by atoms with Crippen molar-refractivity contribution >= 4 is 5.97 Å². The Labute approximate surface area is 219 Å². The Balaban J connectivity index is 1.59. The number of benzene rings is 2. The SMILES string of the molecule is CCCCCCCCCCCOc1ccc(C(=O)Oc2ccc(OCCCCCCCC)cc2)cc1. The Kier molecular flexibility index (Phi) is 16.2. The molecule has 0 amide bonds. The Morgan fingerprint density at radius 2 is 0.861 bits per heavy atom. The Morgan fingerprint density at radius 3 is 1.31 bits per heavy atom. The first kappa shape index (κ1) is 29.7. The summed E-state index contributed by atoms with van der Waals surface area (Å²) in [5.41, 5.74) is 0.508. The zero-order valence-corrected chi connectivity index (χ0v) is 22.8. The molecule has 0 aliphatic carbocycles.